The van der Waals surface area contributed by atoms with Crippen LogP contribution in [0.5, 0.6) is 0 Å². The number of nitriles is 1. The lowest BCUT2D eigenvalue weighted by molar-refractivity contribution is -0.143. The van der Waals surface area contributed by atoms with Crippen LogP contribution in [0.1, 0.15) is 77.2 Å². The molecule has 2 aromatic heterocycles. The van der Waals surface area contributed by atoms with E-state index in [0.29, 0.717) is 46.5 Å². The second-order valence-electron chi connectivity index (χ2n) is 15.1. The molecule has 2 fully saturated rings. The molecular formula is C42H44ClN7O4. The summed E-state index contributed by atoms with van der Waals surface area (Å²) in [6.07, 6.45) is 6.51. The Labute approximate surface area is 319 Å². The molecule has 3 aromatic carbocycles. The number of carboxylic acid groups (broad SMARTS) is 1. The zero-order valence-electron chi connectivity index (χ0n) is 30.7. The predicted molar refractivity (Wildman–Crippen MR) is 207 cm³/mol. The summed E-state index contributed by atoms with van der Waals surface area (Å²) in [6, 6.07) is 19.8. The van der Waals surface area contributed by atoms with E-state index in [-0.39, 0.29) is 5.92 Å². The summed E-state index contributed by atoms with van der Waals surface area (Å²) in [5.74, 6) is -0.0825. The van der Waals surface area contributed by atoms with E-state index in [9.17, 15) is 20.0 Å². The number of likely N-dealkylation sites (tertiary alicyclic amines) is 1. The molecule has 5 aromatic rings. The van der Waals surface area contributed by atoms with Crippen LogP contribution in [-0.2, 0) is 31.4 Å². The van der Waals surface area contributed by atoms with E-state index in [1.807, 2.05) is 67.1 Å². The molecule has 0 spiro atoms. The van der Waals surface area contributed by atoms with Crippen molar-refractivity contribution in [2.45, 2.75) is 65.0 Å². The van der Waals surface area contributed by atoms with Gasteiger partial charge in [-0.2, -0.15) is 5.26 Å². The second-order valence-corrected chi connectivity index (χ2v) is 15.5. The highest BCUT2D eigenvalue weighted by Crippen LogP contribution is 2.36. The molecule has 2 aliphatic heterocycles. The number of nitrogens with zero attached hydrogens (tertiary/aromatic N) is 7. The van der Waals surface area contributed by atoms with Crippen LogP contribution < -0.4 is 4.42 Å². The number of hydrogen-bond donors (Lipinski definition) is 1. The number of rotatable bonds is 9. The molecule has 0 bridgehead atoms. The Bertz CT molecular complexity index is 2280. The number of carboxylic acids is 1. The van der Waals surface area contributed by atoms with Gasteiger partial charge in [-0.1, -0.05) is 24.3 Å². The third kappa shape index (κ3) is 7.02. The van der Waals surface area contributed by atoms with Gasteiger partial charge in [0.1, 0.15) is 11.6 Å². The molecule has 8 rings (SSSR count). The van der Waals surface area contributed by atoms with E-state index in [1.165, 1.54) is 12.8 Å². The number of carbonyl (C=O) groups is 2. The first kappa shape index (κ1) is 36.0. The number of oxazole rings is 1. The number of halogens is 1. The first-order valence-electron chi connectivity index (χ1n) is 18.9. The normalized spacial score (nSPS) is 19.1. The summed E-state index contributed by atoms with van der Waals surface area (Å²) in [4.78, 5) is 39.7. The Hall–Kier alpha value is -5.02. The maximum atomic E-state index is 13.9. The van der Waals surface area contributed by atoms with Crippen molar-refractivity contribution in [3.05, 3.63) is 88.5 Å². The van der Waals surface area contributed by atoms with Gasteiger partial charge in [0.15, 0.2) is 5.58 Å². The summed E-state index contributed by atoms with van der Waals surface area (Å²) >= 11 is 6.81. The highest BCUT2D eigenvalue weighted by molar-refractivity contribution is 6.38. The van der Waals surface area contributed by atoms with Gasteiger partial charge in [0.2, 0.25) is 11.7 Å². The maximum absolute atomic E-state index is 13.9. The SMILES string of the molecule is Cc1c(-c2cccc(N(Cl)C(=O)c3nc4c(n3C)CCN(CC3CCC(C(=O)O)CC3)C4)c2)cccc1-c1nc2cc(CN3CCCC3)cc(C#N)c2o1. The molecule has 3 aliphatic rings. The van der Waals surface area contributed by atoms with Gasteiger partial charge in [-0.05, 0) is 117 Å². The summed E-state index contributed by atoms with van der Waals surface area (Å²) in [5, 5.41) is 19.3. The second kappa shape index (κ2) is 15.0. The van der Waals surface area contributed by atoms with Crippen LogP contribution in [0, 0.1) is 30.1 Å². The first-order chi connectivity index (χ1) is 26.2. The zero-order valence-corrected chi connectivity index (χ0v) is 31.5. The third-order valence-corrected chi connectivity index (χ3v) is 12.0. The molecule has 0 unspecified atom stereocenters. The van der Waals surface area contributed by atoms with Gasteiger partial charge < -0.3 is 14.1 Å². The van der Waals surface area contributed by atoms with Gasteiger partial charge in [-0.25, -0.2) is 14.4 Å². The number of amides is 1. The quantitative estimate of drug-likeness (QED) is 0.151. The van der Waals surface area contributed by atoms with Gasteiger partial charge in [0.25, 0.3) is 0 Å². The van der Waals surface area contributed by atoms with Gasteiger partial charge in [-0.3, -0.25) is 19.4 Å². The molecule has 1 aliphatic carbocycles. The summed E-state index contributed by atoms with van der Waals surface area (Å²) in [7, 11) is 1.87. The smallest absolute Gasteiger partial charge is 0.308 e. The highest BCUT2D eigenvalue weighted by Gasteiger charge is 2.31. The van der Waals surface area contributed by atoms with E-state index < -0.39 is 11.9 Å². The topological polar surface area (TPSA) is 132 Å². The first-order valence-corrected chi connectivity index (χ1v) is 19.3. The number of benzene rings is 3. The van der Waals surface area contributed by atoms with E-state index in [1.54, 1.807) is 6.07 Å². The van der Waals surface area contributed by atoms with E-state index in [2.05, 4.69) is 15.9 Å². The molecule has 0 atom stereocenters. The summed E-state index contributed by atoms with van der Waals surface area (Å²) < 4.78 is 9.27. The Morgan fingerprint density at radius 2 is 1.76 bits per heavy atom. The van der Waals surface area contributed by atoms with Crippen molar-refractivity contribution >= 4 is 40.4 Å². The largest absolute Gasteiger partial charge is 0.481 e. The number of imidazole rings is 1. The Kier molecular flexibility index (Phi) is 10.0. The van der Waals surface area contributed by atoms with Crippen LogP contribution in [0.25, 0.3) is 33.7 Å². The van der Waals surface area contributed by atoms with E-state index in [0.717, 1.165) is 108 Å². The molecule has 1 saturated heterocycles. The monoisotopic (exact) mass is 745 g/mol. The zero-order chi connectivity index (χ0) is 37.5. The van der Waals surface area contributed by atoms with Crippen LogP contribution in [0.4, 0.5) is 5.69 Å². The molecule has 4 heterocycles. The minimum absolute atomic E-state index is 0.218. The summed E-state index contributed by atoms with van der Waals surface area (Å²) in [6.45, 7) is 7.37. The van der Waals surface area contributed by atoms with Crippen LogP contribution in [-0.4, -0.2) is 67.5 Å². The molecule has 278 valence electrons. The van der Waals surface area contributed by atoms with Crippen molar-refractivity contribution in [2.24, 2.45) is 18.9 Å². The average Bonchev–Trinajstić information content (AvgIpc) is 3.93. The standard InChI is InChI=1S/C42H44ClN7O4/c1-26-33(9-6-10-34(26)40-46-35-20-28(24-48-16-3-4-17-48)19-31(22-44)38(35)54-40)30-7-5-8-32(21-30)50(43)41(51)39-45-36-25-49(18-15-37(36)47(39)2)23-27-11-13-29(14-12-27)42(52)53/h5-10,19-21,27,29H,3-4,11-18,23-25H2,1-2H3,(H,52,53). The molecule has 54 heavy (non-hydrogen) atoms. The van der Waals surface area contributed by atoms with Gasteiger partial charge >= 0.3 is 11.9 Å². The molecule has 11 nitrogen and oxygen atoms in total. The maximum Gasteiger partial charge on any atom is 0.308 e. The number of fused-ring (bicyclic) bond motifs is 2. The lowest BCUT2D eigenvalue weighted by Gasteiger charge is -2.33. The minimum Gasteiger partial charge on any atom is -0.481 e. The number of hydrogen-bond acceptors (Lipinski definition) is 8. The van der Waals surface area contributed by atoms with Crippen molar-refractivity contribution < 1.29 is 19.1 Å². The molecule has 1 N–H and O–H groups in total. The van der Waals surface area contributed by atoms with Crippen LogP contribution in [0.15, 0.2) is 59.0 Å². The Morgan fingerprint density at radius 1 is 1.00 bits per heavy atom. The van der Waals surface area contributed by atoms with Crippen LogP contribution in [0.2, 0.25) is 0 Å². The van der Waals surface area contributed by atoms with E-state index >= 15 is 0 Å². The fourth-order valence-electron chi connectivity index (χ4n) is 8.65. The number of aliphatic carboxylic acids is 1. The van der Waals surface area contributed by atoms with Crippen molar-refractivity contribution in [1.29, 1.82) is 5.26 Å². The molecule has 12 heteroatoms. The van der Waals surface area contributed by atoms with Crippen molar-refractivity contribution in [1.82, 2.24) is 24.3 Å². The molecule has 1 saturated carbocycles. The molecule has 1 amide bonds. The lowest BCUT2D eigenvalue weighted by atomic mass is 9.81. The Balaban J connectivity index is 0.996. The van der Waals surface area contributed by atoms with Crippen LogP contribution >= 0.6 is 11.8 Å². The molecular weight excluding hydrogens is 702 g/mol. The fourth-order valence-corrected chi connectivity index (χ4v) is 8.83. The average molecular weight is 746 g/mol. The third-order valence-electron chi connectivity index (χ3n) is 11.6. The minimum atomic E-state index is -0.680. The van der Waals surface area contributed by atoms with Gasteiger partial charge in [-0.15, -0.1) is 0 Å². The van der Waals surface area contributed by atoms with Crippen molar-refractivity contribution in [3.8, 4) is 28.7 Å². The Morgan fingerprint density at radius 3 is 2.52 bits per heavy atom. The van der Waals surface area contributed by atoms with Crippen LogP contribution in [0.3, 0.4) is 0 Å². The van der Waals surface area contributed by atoms with E-state index in [4.69, 9.17) is 26.2 Å². The highest BCUT2D eigenvalue weighted by atomic mass is 35.5. The number of carbonyl (C=O) groups excluding carboxylic acids is 1. The van der Waals surface area contributed by atoms with Crippen molar-refractivity contribution in [2.75, 3.05) is 30.6 Å². The van der Waals surface area contributed by atoms with Crippen molar-refractivity contribution in [3.63, 3.8) is 0 Å². The fraction of sp³-hybridized carbons (Fsp3) is 0.405. The lowest BCUT2D eigenvalue weighted by Crippen LogP contribution is -2.36. The molecule has 0 radical (unpaired) electrons. The number of anilines is 1. The van der Waals surface area contributed by atoms with Gasteiger partial charge in [0, 0.05) is 62.7 Å². The predicted octanol–water partition coefficient (Wildman–Crippen LogP) is 7.72. The number of aromatic nitrogens is 3. The summed E-state index contributed by atoms with van der Waals surface area (Å²) in [5.41, 5.74) is 8.73. The van der Waals surface area contributed by atoms with Gasteiger partial charge in [0.05, 0.1) is 22.9 Å².